The minimum Gasteiger partial charge on any atom is -0.497 e. The lowest BCUT2D eigenvalue weighted by atomic mass is 10.2. The van der Waals surface area contributed by atoms with Crippen molar-refractivity contribution in [2.45, 2.75) is 0 Å². The fraction of sp³-hybridized carbons (Fsp3) is 0.312. The first-order chi connectivity index (χ1) is 10.7. The molecule has 1 N–H and O–H groups in total. The summed E-state index contributed by atoms with van der Waals surface area (Å²) in [6.45, 7) is 2.97. The Balaban J connectivity index is 1.63. The van der Waals surface area contributed by atoms with Crippen LogP contribution in [0.3, 0.4) is 0 Å². The number of carbonyl (C=O) groups is 1. The summed E-state index contributed by atoms with van der Waals surface area (Å²) < 4.78 is 5.26. The summed E-state index contributed by atoms with van der Waals surface area (Å²) in [6.07, 6.45) is 1.63. The number of piperazine rings is 1. The highest BCUT2D eigenvalue weighted by Gasteiger charge is 2.23. The molecule has 1 aliphatic rings. The summed E-state index contributed by atoms with van der Waals surface area (Å²) in [5, 5.41) is 0.554. The number of anilines is 1. The Morgan fingerprint density at radius 3 is 2.64 bits per heavy atom. The van der Waals surface area contributed by atoms with E-state index in [9.17, 15) is 4.79 Å². The van der Waals surface area contributed by atoms with E-state index in [0.29, 0.717) is 23.8 Å². The average Bonchev–Trinajstić information content (AvgIpc) is 3.01. The van der Waals surface area contributed by atoms with E-state index in [1.54, 1.807) is 19.4 Å². The summed E-state index contributed by atoms with van der Waals surface area (Å²) in [4.78, 5) is 19.4. The lowest BCUT2D eigenvalue weighted by molar-refractivity contribution is 0.0741. The van der Waals surface area contributed by atoms with Crippen molar-refractivity contribution < 1.29 is 9.53 Å². The summed E-state index contributed by atoms with van der Waals surface area (Å²) in [7, 11) is 1.66. The molecule has 1 fully saturated rings. The second-order valence-electron chi connectivity index (χ2n) is 5.21. The lowest BCUT2D eigenvalue weighted by Crippen LogP contribution is -2.48. The molecule has 1 amide bonds. The average molecular weight is 320 g/mol. The van der Waals surface area contributed by atoms with Crippen molar-refractivity contribution in [3.63, 3.8) is 0 Å². The summed E-state index contributed by atoms with van der Waals surface area (Å²) in [5.74, 6) is 0.842. The molecule has 2 aromatic rings. The van der Waals surface area contributed by atoms with Crippen molar-refractivity contribution in [1.29, 1.82) is 0 Å². The molecule has 1 aliphatic heterocycles. The van der Waals surface area contributed by atoms with Crippen molar-refractivity contribution >= 4 is 23.2 Å². The van der Waals surface area contributed by atoms with Crippen LogP contribution in [0.25, 0.3) is 0 Å². The molecule has 1 aromatic carbocycles. The summed E-state index contributed by atoms with van der Waals surface area (Å²) in [5.41, 5.74) is 1.66. The van der Waals surface area contributed by atoms with Crippen LogP contribution in [0, 0.1) is 0 Å². The fourth-order valence-electron chi connectivity index (χ4n) is 2.64. The van der Waals surface area contributed by atoms with Crippen molar-refractivity contribution in [2.75, 3.05) is 38.2 Å². The van der Waals surface area contributed by atoms with Crippen LogP contribution < -0.4 is 9.64 Å². The molecule has 1 saturated heterocycles. The van der Waals surface area contributed by atoms with E-state index < -0.39 is 0 Å². The smallest absolute Gasteiger partial charge is 0.270 e. The number of hydrogen-bond donors (Lipinski definition) is 1. The summed E-state index contributed by atoms with van der Waals surface area (Å²) in [6, 6.07) is 9.65. The Hall–Kier alpha value is -2.14. The molecule has 5 nitrogen and oxygen atoms in total. The van der Waals surface area contributed by atoms with Crippen LogP contribution in [0.4, 0.5) is 5.69 Å². The highest BCUT2D eigenvalue weighted by Crippen LogP contribution is 2.22. The normalized spacial score (nSPS) is 15.0. The first-order valence-electron chi connectivity index (χ1n) is 7.19. The van der Waals surface area contributed by atoms with Gasteiger partial charge in [-0.1, -0.05) is 17.7 Å². The number of aromatic amines is 1. The Morgan fingerprint density at radius 1 is 1.23 bits per heavy atom. The first-order valence-corrected chi connectivity index (χ1v) is 7.57. The van der Waals surface area contributed by atoms with Crippen molar-refractivity contribution in [3.8, 4) is 5.75 Å². The number of rotatable bonds is 3. The minimum atomic E-state index is -0.00260. The maximum absolute atomic E-state index is 12.4. The Morgan fingerprint density at radius 2 is 2.00 bits per heavy atom. The molecule has 0 atom stereocenters. The number of ether oxygens (including phenoxy) is 1. The second-order valence-corrected chi connectivity index (χ2v) is 5.65. The molecular weight excluding hydrogens is 302 g/mol. The highest BCUT2D eigenvalue weighted by atomic mass is 35.5. The molecule has 0 unspecified atom stereocenters. The number of amides is 1. The SMILES string of the molecule is COc1cccc(N2CCN(C(=O)c3cc(Cl)c[nH]3)CC2)c1. The van der Waals surface area contributed by atoms with Gasteiger partial charge in [-0.25, -0.2) is 0 Å². The van der Waals surface area contributed by atoms with Crippen molar-refractivity contribution in [3.05, 3.63) is 47.2 Å². The molecule has 0 aliphatic carbocycles. The van der Waals surface area contributed by atoms with Crippen LogP contribution in [0.1, 0.15) is 10.5 Å². The largest absolute Gasteiger partial charge is 0.497 e. The first kappa shape index (κ1) is 14.8. The Labute approximate surface area is 134 Å². The summed E-state index contributed by atoms with van der Waals surface area (Å²) >= 11 is 5.85. The zero-order valence-corrected chi connectivity index (χ0v) is 13.1. The lowest BCUT2D eigenvalue weighted by Gasteiger charge is -2.36. The van der Waals surface area contributed by atoms with Gasteiger partial charge >= 0.3 is 0 Å². The molecule has 6 heteroatoms. The van der Waals surface area contributed by atoms with Gasteiger partial charge in [0.15, 0.2) is 0 Å². The third-order valence-electron chi connectivity index (χ3n) is 3.86. The topological polar surface area (TPSA) is 48.6 Å². The van der Waals surface area contributed by atoms with Crippen molar-refractivity contribution in [2.24, 2.45) is 0 Å². The van der Waals surface area contributed by atoms with Gasteiger partial charge in [-0.3, -0.25) is 4.79 Å². The molecule has 0 spiro atoms. The molecule has 3 rings (SSSR count). The minimum absolute atomic E-state index is 0.00260. The van der Waals surface area contributed by atoms with Gasteiger partial charge in [0.1, 0.15) is 11.4 Å². The van der Waals surface area contributed by atoms with E-state index in [4.69, 9.17) is 16.3 Å². The number of nitrogens with one attached hydrogen (secondary N) is 1. The maximum Gasteiger partial charge on any atom is 0.270 e. The number of benzene rings is 1. The van der Waals surface area contributed by atoms with Crippen LogP contribution in [-0.2, 0) is 0 Å². The van der Waals surface area contributed by atoms with Gasteiger partial charge in [-0.15, -0.1) is 0 Å². The number of hydrogen-bond acceptors (Lipinski definition) is 3. The molecule has 0 radical (unpaired) electrons. The molecule has 1 aromatic heterocycles. The molecule has 116 valence electrons. The van der Waals surface area contributed by atoms with E-state index in [2.05, 4.69) is 16.0 Å². The number of carbonyl (C=O) groups excluding carboxylic acids is 1. The number of nitrogens with zero attached hydrogens (tertiary/aromatic N) is 2. The Bertz CT molecular complexity index is 663. The Kier molecular flexibility index (Phi) is 4.24. The van der Waals surface area contributed by atoms with Crippen LogP contribution in [0.2, 0.25) is 5.02 Å². The standard InChI is InChI=1S/C16H18ClN3O2/c1-22-14-4-2-3-13(10-14)19-5-7-20(8-6-19)16(21)15-9-12(17)11-18-15/h2-4,9-11,18H,5-8H2,1H3. The van der Waals surface area contributed by atoms with Crippen LogP contribution in [0.5, 0.6) is 5.75 Å². The van der Waals surface area contributed by atoms with E-state index in [1.165, 1.54) is 0 Å². The quantitative estimate of drug-likeness (QED) is 0.946. The van der Waals surface area contributed by atoms with Gasteiger partial charge in [-0.05, 0) is 18.2 Å². The van der Waals surface area contributed by atoms with Crippen LogP contribution in [0.15, 0.2) is 36.5 Å². The molecule has 2 heterocycles. The number of halogens is 1. The van der Waals surface area contributed by atoms with E-state index >= 15 is 0 Å². The van der Waals surface area contributed by atoms with Gasteiger partial charge in [0.25, 0.3) is 5.91 Å². The monoisotopic (exact) mass is 319 g/mol. The van der Waals surface area contributed by atoms with E-state index in [1.807, 2.05) is 23.1 Å². The van der Waals surface area contributed by atoms with Gasteiger partial charge in [0.05, 0.1) is 12.1 Å². The number of methoxy groups -OCH3 is 1. The number of aromatic nitrogens is 1. The van der Waals surface area contributed by atoms with Gasteiger partial charge in [0.2, 0.25) is 0 Å². The predicted octanol–water partition coefficient (Wildman–Crippen LogP) is 2.64. The molecule has 0 saturated carbocycles. The second kappa shape index (κ2) is 6.32. The molecule has 0 bridgehead atoms. The third kappa shape index (κ3) is 3.04. The molecular formula is C16H18ClN3O2. The van der Waals surface area contributed by atoms with Gasteiger partial charge in [0, 0.05) is 44.1 Å². The predicted molar refractivity (Wildman–Crippen MR) is 86.9 cm³/mol. The van der Waals surface area contributed by atoms with Crippen LogP contribution >= 0.6 is 11.6 Å². The van der Waals surface area contributed by atoms with Crippen molar-refractivity contribution in [1.82, 2.24) is 9.88 Å². The van der Waals surface area contributed by atoms with E-state index in [0.717, 1.165) is 24.5 Å². The van der Waals surface area contributed by atoms with Crippen LogP contribution in [-0.4, -0.2) is 49.1 Å². The van der Waals surface area contributed by atoms with Gasteiger partial charge < -0.3 is 19.5 Å². The zero-order chi connectivity index (χ0) is 15.5. The maximum atomic E-state index is 12.4. The van der Waals surface area contributed by atoms with E-state index in [-0.39, 0.29) is 5.91 Å². The number of H-pyrrole nitrogens is 1. The van der Waals surface area contributed by atoms with Gasteiger partial charge in [-0.2, -0.15) is 0 Å². The third-order valence-corrected chi connectivity index (χ3v) is 4.08. The highest BCUT2D eigenvalue weighted by molar-refractivity contribution is 6.30. The fourth-order valence-corrected chi connectivity index (χ4v) is 2.80. The zero-order valence-electron chi connectivity index (χ0n) is 12.4. The molecule has 22 heavy (non-hydrogen) atoms.